The van der Waals surface area contributed by atoms with Crippen LogP contribution in [0.5, 0.6) is 11.5 Å². The minimum atomic E-state index is -0.802. The van der Waals surface area contributed by atoms with Crippen LogP contribution >= 0.6 is 15.9 Å². The SMILES string of the molecule is COc1ccc(N2C(=O)NC(=O)/C(=C\c3ccc(OCc4ccc(Br)cc4)cc3)C2=O)cc1. The summed E-state index contributed by atoms with van der Waals surface area (Å²) in [6, 6.07) is 20.4. The number of carbonyl (C=O) groups is 3. The molecule has 166 valence electrons. The minimum absolute atomic E-state index is 0.144. The lowest BCUT2D eigenvalue weighted by molar-refractivity contribution is -0.122. The summed E-state index contributed by atoms with van der Waals surface area (Å²) in [5, 5.41) is 2.21. The Morgan fingerprint density at radius 1 is 0.879 bits per heavy atom. The van der Waals surface area contributed by atoms with Gasteiger partial charge in [0.2, 0.25) is 0 Å². The van der Waals surface area contributed by atoms with E-state index in [-0.39, 0.29) is 5.57 Å². The van der Waals surface area contributed by atoms with Gasteiger partial charge >= 0.3 is 6.03 Å². The van der Waals surface area contributed by atoms with Gasteiger partial charge in [-0.05, 0) is 65.7 Å². The Balaban J connectivity index is 1.50. The van der Waals surface area contributed by atoms with Crippen molar-refractivity contribution in [2.75, 3.05) is 12.0 Å². The summed E-state index contributed by atoms with van der Waals surface area (Å²) < 4.78 is 11.9. The zero-order valence-corrected chi connectivity index (χ0v) is 19.2. The number of carbonyl (C=O) groups excluding carboxylic acids is 3. The fourth-order valence-corrected chi connectivity index (χ4v) is 3.46. The molecule has 0 saturated carbocycles. The Hall–Kier alpha value is -3.91. The maximum atomic E-state index is 13.0. The summed E-state index contributed by atoms with van der Waals surface area (Å²) >= 11 is 3.40. The second-order valence-electron chi connectivity index (χ2n) is 7.14. The maximum Gasteiger partial charge on any atom is 0.335 e. The second kappa shape index (κ2) is 9.70. The van der Waals surface area contributed by atoms with E-state index in [1.165, 1.54) is 13.2 Å². The van der Waals surface area contributed by atoms with Crippen molar-refractivity contribution in [1.82, 2.24) is 5.32 Å². The van der Waals surface area contributed by atoms with Crippen molar-refractivity contribution in [2.24, 2.45) is 0 Å². The fourth-order valence-electron chi connectivity index (χ4n) is 3.20. The van der Waals surface area contributed by atoms with Crippen LogP contribution < -0.4 is 19.7 Å². The first-order chi connectivity index (χ1) is 15.9. The number of halogens is 1. The van der Waals surface area contributed by atoms with E-state index in [0.29, 0.717) is 29.4 Å². The van der Waals surface area contributed by atoms with Gasteiger partial charge in [-0.2, -0.15) is 0 Å². The normalized spacial score (nSPS) is 14.9. The number of amides is 4. The van der Waals surface area contributed by atoms with Gasteiger partial charge in [-0.15, -0.1) is 0 Å². The Morgan fingerprint density at radius 2 is 1.52 bits per heavy atom. The average molecular weight is 507 g/mol. The van der Waals surface area contributed by atoms with E-state index < -0.39 is 17.8 Å². The summed E-state index contributed by atoms with van der Waals surface area (Å²) in [7, 11) is 1.52. The number of imide groups is 2. The highest BCUT2D eigenvalue weighted by Gasteiger charge is 2.36. The monoisotopic (exact) mass is 506 g/mol. The Labute approximate surface area is 198 Å². The number of barbiturate groups is 1. The highest BCUT2D eigenvalue weighted by Crippen LogP contribution is 2.25. The van der Waals surface area contributed by atoms with Crippen molar-refractivity contribution in [3.63, 3.8) is 0 Å². The number of hydrogen-bond donors (Lipinski definition) is 1. The number of urea groups is 1. The second-order valence-corrected chi connectivity index (χ2v) is 8.06. The van der Waals surface area contributed by atoms with Crippen LogP contribution in [-0.4, -0.2) is 25.0 Å². The molecule has 3 aromatic rings. The predicted molar refractivity (Wildman–Crippen MR) is 127 cm³/mol. The highest BCUT2D eigenvalue weighted by atomic mass is 79.9. The molecule has 4 rings (SSSR count). The molecule has 0 atom stereocenters. The van der Waals surface area contributed by atoms with E-state index >= 15 is 0 Å². The van der Waals surface area contributed by atoms with Crippen LogP contribution in [-0.2, 0) is 16.2 Å². The minimum Gasteiger partial charge on any atom is -0.497 e. The van der Waals surface area contributed by atoms with Crippen LogP contribution in [0.15, 0.2) is 82.8 Å². The summed E-state index contributed by atoms with van der Waals surface area (Å²) in [6.07, 6.45) is 1.44. The van der Waals surface area contributed by atoms with Crippen LogP contribution in [0.1, 0.15) is 11.1 Å². The van der Waals surface area contributed by atoms with Gasteiger partial charge in [0.05, 0.1) is 12.8 Å². The van der Waals surface area contributed by atoms with E-state index in [4.69, 9.17) is 9.47 Å². The van der Waals surface area contributed by atoms with E-state index in [1.807, 2.05) is 24.3 Å². The first-order valence-corrected chi connectivity index (χ1v) is 10.8. The molecule has 0 aromatic heterocycles. The molecule has 0 bridgehead atoms. The number of ether oxygens (including phenoxy) is 2. The van der Waals surface area contributed by atoms with E-state index in [9.17, 15) is 14.4 Å². The molecule has 1 fully saturated rings. The van der Waals surface area contributed by atoms with Gasteiger partial charge in [-0.3, -0.25) is 14.9 Å². The molecule has 0 unspecified atom stereocenters. The lowest BCUT2D eigenvalue weighted by Gasteiger charge is -2.26. The standard InChI is InChI=1S/C25H19BrN2O5/c1-32-20-12-8-19(9-13-20)28-24(30)22(23(29)27-25(28)31)14-16-4-10-21(11-5-16)33-15-17-2-6-18(26)7-3-17/h2-14H,15H2,1H3,(H,27,29,31)/b22-14+. The summed E-state index contributed by atoms with van der Waals surface area (Å²) in [5.74, 6) is -0.220. The topological polar surface area (TPSA) is 84.9 Å². The van der Waals surface area contributed by atoms with Gasteiger partial charge in [0.1, 0.15) is 23.7 Å². The zero-order valence-electron chi connectivity index (χ0n) is 17.6. The van der Waals surface area contributed by atoms with E-state index in [2.05, 4.69) is 21.2 Å². The fraction of sp³-hybridized carbons (Fsp3) is 0.0800. The number of anilines is 1. The predicted octanol–water partition coefficient (Wildman–Crippen LogP) is 4.70. The number of nitrogens with zero attached hydrogens (tertiary/aromatic N) is 1. The average Bonchev–Trinajstić information content (AvgIpc) is 2.82. The Kier molecular flexibility index (Phi) is 6.55. The van der Waals surface area contributed by atoms with Crippen LogP contribution in [0, 0.1) is 0 Å². The number of methoxy groups -OCH3 is 1. The number of nitrogens with one attached hydrogen (secondary N) is 1. The third kappa shape index (κ3) is 5.12. The molecule has 33 heavy (non-hydrogen) atoms. The molecular weight excluding hydrogens is 488 g/mol. The third-order valence-corrected chi connectivity index (χ3v) is 5.47. The van der Waals surface area contributed by atoms with Crippen molar-refractivity contribution < 1.29 is 23.9 Å². The summed E-state index contributed by atoms with van der Waals surface area (Å²) in [5.41, 5.74) is 1.83. The Bertz CT molecular complexity index is 1220. The summed E-state index contributed by atoms with van der Waals surface area (Å²) in [6.45, 7) is 0.410. The third-order valence-electron chi connectivity index (χ3n) is 4.94. The van der Waals surface area contributed by atoms with Crippen LogP contribution in [0.3, 0.4) is 0 Å². The molecular formula is C25H19BrN2O5. The van der Waals surface area contributed by atoms with Gasteiger partial charge in [0, 0.05) is 4.47 Å². The first kappa shape index (κ1) is 22.3. The molecule has 3 aromatic carbocycles. The zero-order chi connectivity index (χ0) is 23.4. The first-order valence-electron chi connectivity index (χ1n) is 9.97. The molecule has 1 N–H and O–H groups in total. The molecule has 7 nitrogen and oxygen atoms in total. The molecule has 8 heteroatoms. The van der Waals surface area contributed by atoms with E-state index in [1.54, 1.807) is 48.5 Å². The lowest BCUT2D eigenvalue weighted by Crippen LogP contribution is -2.54. The smallest absolute Gasteiger partial charge is 0.335 e. The van der Waals surface area contributed by atoms with Gasteiger partial charge < -0.3 is 9.47 Å². The van der Waals surface area contributed by atoms with E-state index in [0.717, 1.165) is 14.9 Å². The molecule has 0 radical (unpaired) electrons. The Morgan fingerprint density at radius 3 is 2.15 bits per heavy atom. The van der Waals surface area contributed by atoms with Crippen LogP contribution in [0.4, 0.5) is 10.5 Å². The molecule has 4 amide bonds. The van der Waals surface area contributed by atoms with Gasteiger partial charge in [0.25, 0.3) is 11.8 Å². The number of hydrogen-bond acceptors (Lipinski definition) is 5. The molecule has 1 aliphatic rings. The number of rotatable bonds is 6. The van der Waals surface area contributed by atoms with Crippen molar-refractivity contribution >= 4 is 45.5 Å². The lowest BCUT2D eigenvalue weighted by atomic mass is 10.1. The quantitative estimate of drug-likeness (QED) is 0.386. The molecule has 1 aliphatic heterocycles. The van der Waals surface area contributed by atoms with Crippen molar-refractivity contribution in [1.29, 1.82) is 0 Å². The largest absolute Gasteiger partial charge is 0.497 e. The highest BCUT2D eigenvalue weighted by molar-refractivity contribution is 9.10. The van der Waals surface area contributed by atoms with Gasteiger partial charge in [0.15, 0.2) is 0 Å². The van der Waals surface area contributed by atoms with Crippen molar-refractivity contribution in [3.05, 3.63) is 94.0 Å². The molecule has 0 spiro atoms. The molecule has 1 heterocycles. The van der Waals surface area contributed by atoms with Crippen LogP contribution in [0.2, 0.25) is 0 Å². The molecule has 1 saturated heterocycles. The van der Waals surface area contributed by atoms with Gasteiger partial charge in [-0.1, -0.05) is 40.2 Å². The maximum absolute atomic E-state index is 13.0. The van der Waals surface area contributed by atoms with Crippen molar-refractivity contribution in [2.45, 2.75) is 6.61 Å². The van der Waals surface area contributed by atoms with Gasteiger partial charge in [-0.25, -0.2) is 9.69 Å². The number of benzene rings is 3. The van der Waals surface area contributed by atoms with Crippen LogP contribution in [0.25, 0.3) is 6.08 Å². The summed E-state index contributed by atoms with van der Waals surface area (Å²) in [4.78, 5) is 38.6. The van der Waals surface area contributed by atoms with Crippen molar-refractivity contribution in [3.8, 4) is 11.5 Å². The molecule has 0 aliphatic carbocycles.